The van der Waals surface area contributed by atoms with Gasteiger partial charge in [-0.15, -0.1) is 0 Å². The van der Waals surface area contributed by atoms with Crippen LogP contribution in [0.15, 0.2) is 42.7 Å². The number of hydrogen-bond acceptors (Lipinski definition) is 3. The molecule has 120 valence electrons. The van der Waals surface area contributed by atoms with Gasteiger partial charge >= 0.3 is 0 Å². The van der Waals surface area contributed by atoms with Crippen LogP contribution in [0, 0.1) is 0 Å². The molecule has 1 aliphatic heterocycles. The van der Waals surface area contributed by atoms with Crippen molar-refractivity contribution in [3.05, 3.63) is 53.9 Å². The number of amides is 1. The van der Waals surface area contributed by atoms with Gasteiger partial charge in [-0.05, 0) is 36.5 Å². The zero-order chi connectivity index (χ0) is 16.2. The Kier molecular flexibility index (Phi) is 4.60. The van der Waals surface area contributed by atoms with E-state index >= 15 is 0 Å². The van der Waals surface area contributed by atoms with Crippen molar-refractivity contribution in [2.45, 2.75) is 32.6 Å². The first-order valence-corrected chi connectivity index (χ1v) is 8.25. The minimum absolute atomic E-state index is 0.0794. The van der Waals surface area contributed by atoms with E-state index < -0.39 is 0 Å². The molecule has 0 aliphatic carbocycles. The van der Waals surface area contributed by atoms with Gasteiger partial charge < -0.3 is 10.2 Å². The highest BCUT2D eigenvalue weighted by atomic mass is 16.2. The van der Waals surface area contributed by atoms with Gasteiger partial charge in [-0.25, -0.2) is 0 Å². The molecule has 2 heterocycles. The highest BCUT2D eigenvalue weighted by Gasteiger charge is 2.20. The first-order chi connectivity index (χ1) is 11.1. The summed E-state index contributed by atoms with van der Waals surface area (Å²) in [5, 5.41) is 3.41. The molecular formula is C19H23N3O. The van der Waals surface area contributed by atoms with Crippen LogP contribution in [0.4, 0.5) is 11.4 Å². The zero-order valence-electron chi connectivity index (χ0n) is 13.7. The molecule has 1 N–H and O–H groups in total. The molecule has 1 aliphatic rings. The van der Waals surface area contributed by atoms with Crippen LogP contribution < -0.4 is 5.32 Å². The minimum atomic E-state index is 0.0794. The number of nitrogens with zero attached hydrogens (tertiary/aromatic N) is 2. The van der Waals surface area contributed by atoms with Gasteiger partial charge in [0.15, 0.2) is 0 Å². The summed E-state index contributed by atoms with van der Waals surface area (Å²) in [4.78, 5) is 18.6. The quantitative estimate of drug-likeness (QED) is 0.921. The van der Waals surface area contributed by atoms with E-state index in [4.69, 9.17) is 0 Å². The molecule has 4 nitrogen and oxygen atoms in total. The average molecular weight is 309 g/mol. The summed E-state index contributed by atoms with van der Waals surface area (Å²) in [5.74, 6) is 0.511. The highest BCUT2D eigenvalue weighted by Crippen LogP contribution is 2.27. The van der Waals surface area contributed by atoms with Crippen LogP contribution in [0.1, 0.15) is 48.5 Å². The first kappa shape index (κ1) is 15.5. The van der Waals surface area contributed by atoms with E-state index in [1.54, 1.807) is 12.4 Å². The van der Waals surface area contributed by atoms with Crippen LogP contribution in [0.3, 0.4) is 0 Å². The SMILES string of the molecule is CC(C)c1ccccc1Nc1cncc(C(=O)N2CCCC2)c1. The van der Waals surface area contributed by atoms with Crippen molar-refractivity contribution in [1.29, 1.82) is 0 Å². The lowest BCUT2D eigenvalue weighted by atomic mass is 10.0. The standard InChI is InChI=1S/C19H23N3O/c1-14(2)17-7-3-4-8-18(17)21-16-11-15(12-20-13-16)19(23)22-9-5-6-10-22/h3-4,7-8,11-14,21H,5-6,9-10H2,1-2H3. The fourth-order valence-electron chi connectivity index (χ4n) is 3.00. The number of para-hydroxylation sites is 1. The predicted molar refractivity (Wildman–Crippen MR) is 93.2 cm³/mol. The van der Waals surface area contributed by atoms with Gasteiger partial charge in [0.05, 0.1) is 17.4 Å². The Morgan fingerprint density at radius 2 is 1.91 bits per heavy atom. The fraction of sp³-hybridized carbons (Fsp3) is 0.368. The second-order valence-electron chi connectivity index (χ2n) is 6.33. The second kappa shape index (κ2) is 6.82. The molecule has 1 fully saturated rings. The lowest BCUT2D eigenvalue weighted by Crippen LogP contribution is -2.27. The number of benzene rings is 1. The van der Waals surface area contributed by atoms with E-state index in [0.717, 1.165) is 37.3 Å². The molecule has 0 atom stereocenters. The molecule has 1 aromatic heterocycles. The van der Waals surface area contributed by atoms with Crippen molar-refractivity contribution in [3.63, 3.8) is 0 Å². The van der Waals surface area contributed by atoms with Crippen LogP contribution in [0.2, 0.25) is 0 Å². The molecule has 0 unspecified atom stereocenters. The molecule has 1 saturated heterocycles. The number of carbonyl (C=O) groups excluding carboxylic acids is 1. The summed E-state index contributed by atoms with van der Waals surface area (Å²) in [6.07, 6.45) is 5.61. The molecule has 0 radical (unpaired) electrons. The van der Waals surface area contributed by atoms with Crippen LogP contribution in [-0.2, 0) is 0 Å². The van der Waals surface area contributed by atoms with Crippen molar-refractivity contribution in [2.24, 2.45) is 0 Å². The Balaban J connectivity index is 1.82. The maximum absolute atomic E-state index is 12.5. The van der Waals surface area contributed by atoms with E-state index in [-0.39, 0.29) is 5.91 Å². The number of nitrogens with one attached hydrogen (secondary N) is 1. The number of hydrogen-bond donors (Lipinski definition) is 1. The summed E-state index contributed by atoms with van der Waals surface area (Å²) in [7, 11) is 0. The van der Waals surface area contributed by atoms with Crippen LogP contribution >= 0.6 is 0 Å². The minimum Gasteiger partial charge on any atom is -0.354 e. The highest BCUT2D eigenvalue weighted by molar-refractivity contribution is 5.95. The monoisotopic (exact) mass is 309 g/mol. The molecule has 0 bridgehead atoms. The molecule has 1 amide bonds. The summed E-state index contributed by atoms with van der Waals surface area (Å²) < 4.78 is 0. The van der Waals surface area contributed by atoms with Gasteiger partial charge in [0.2, 0.25) is 0 Å². The molecule has 0 spiro atoms. The maximum atomic E-state index is 12.5. The molecule has 0 saturated carbocycles. The number of carbonyl (C=O) groups is 1. The molecule has 4 heteroatoms. The van der Waals surface area contributed by atoms with Crippen LogP contribution in [0.5, 0.6) is 0 Å². The van der Waals surface area contributed by atoms with Crippen molar-refractivity contribution in [3.8, 4) is 0 Å². The molecule has 1 aromatic carbocycles. The third-order valence-electron chi connectivity index (χ3n) is 4.24. The predicted octanol–water partition coefficient (Wildman–Crippen LogP) is 4.18. The summed E-state index contributed by atoms with van der Waals surface area (Å²) in [6, 6.07) is 10.1. The number of anilines is 2. The van der Waals surface area contributed by atoms with E-state index in [1.807, 2.05) is 23.1 Å². The largest absolute Gasteiger partial charge is 0.354 e. The van der Waals surface area contributed by atoms with Crippen LogP contribution in [0.25, 0.3) is 0 Å². The number of rotatable bonds is 4. The molecule has 23 heavy (non-hydrogen) atoms. The molecule has 3 rings (SSSR count). The summed E-state index contributed by atoms with van der Waals surface area (Å²) in [5.41, 5.74) is 3.82. The normalized spacial score (nSPS) is 14.3. The molecule has 2 aromatic rings. The maximum Gasteiger partial charge on any atom is 0.255 e. The third-order valence-corrected chi connectivity index (χ3v) is 4.24. The fourth-order valence-corrected chi connectivity index (χ4v) is 3.00. The number of aromatic nitrogens is 1. The van der Waals surface area contributed by atoms with Gasteiger partial charge in [0.25, 0.3) is 5.91 Å². The summed E-state index contributed by atoms with van der Waals surface area (Å²) >= 11 is 0. The van der Waals surface area contributed by atoms with Crippen molar-refractivity contribution in [2.75, 3.05) is 18.4 Å². The van der Waals surface area contributed by atoms with Crippen molar-refractivity contribution >= 4 is 17.3 Å². The third kappa shape index (κ3) is 3.52. The Bertz CT molecular complexity index is 691. The van der Waals surface area contributed by atoms with Gasteiger partial charge in [-0.2, -0.15) is 0 Å². The lowest BCUT2D eigenvalue weighted by Gasteiger charge is -2.17. The van der Waals surface area contributed by atoms with Crippen molar-refractivity contribution < 1.29 is 4.79 Å². The second-order valence-corrected chi connectivity index (χ2v) is 6.33. The van der Waals surface area contributed by atoms with E-state index in [1.165, 1.54) is 5.56 Å². The van der Waals surface area contributed by atoms with Crippen molar-refractivity contribution in [1.82, 2.24) is 9.88 Å². The lowest BCUT2D eigenvalue weighted by molar-refractivity contribution is 0.0792. The average Bonchev–Trinajstić information content (AvgIpc) is 3.09. The summed E-state index contributed by atoms with van der Waals surface area (Å²) in [6.45, 7) is 6.05. The smallest absolute Gasteiger partial charge is 0.255 e. The Morgan fingerprint density at radius 3 is 2.65 bits per heavy atom. The van der Waals surface area contributed by atoms with Gasteiger partial charge in [-0.1, -0.05) is 32.0 Å². The van der Waals surface area contributed by atoms with Gasteiger partial charge in [0, 0.05) is 25.0 Å². The van der Waals surface area contributed by atoms with E-state index in [2.05, 4.69) is 36.3 Å². The van der Waals surface area contributed by atoms with E-state index in [9.17, 15) is 4.79 Å². The Labute approximate surface area is 137 Å². The first-order valence-electron chi connectivity index (χ1n) is 8.25. The number of likely N-dealkylation sites (tertiary alicyclic amines) is 1. The van der Waals surface area contributed by atoms with E-state index in [0.29, 0.717) is 11.5 Å². The topological polar surface area (TPSA) is 45.2 Å². The Morgan fingerprint density at radius 1 is 1.17 bits per heavy atom. The zero-order valence-corrected chi connectivity index (χ0v) is 13.7. The van der Waals surface area contributed by atoms with Gasteiger partial charge in [0.1, 0.15) is 0 Å². The van der Waals surface area contributed by atoms with Gasteiger partial charge in [-0.3, -0.25) is 9.78 Å². The van der Waals surface area contributed by atoms with Crippen LogP contribution in [-0.4, -0.2) is 28.9 Å². The molecular weight excluding hydrogens is 286 g/mol. The Hall–Kier alpha value is -2.36. The number of pyridine rings is 1.